The molecular formula is C45H86O6. The summed E-state index contributed by atoms with van der Waals surface area (Å²) in [7, 11) is 0. The van der Waals surface area contributed by atoms with Gasteiger partial charge in [0.1, 0.15) is 13.2 Å². The van der Waals surface area contributed by atoms with Crippen LogP contribution < -0.4 is 0 Å². The number of hydrogen-bond donors (Lipinski definition) is 0. The molecule has 0 N–H and O–H groups in total. The van der Waals surface area contributed by atoms with Crippen LogP contribution in [0.15, 0.2) is 0 Å². The normalized spacial score (nSPS) is 12.7. The van der Waals surface area contributed by atoms with Crippen LogP contribution in [0.4, 0.5) is 0 Å². The monoisotopic (exact) mass is 723 g/mol. The van der Waals surface area contributed by atoms with Crippen molar-refractivity contribution >= 4 is 17.9 Å². The van der Waals surface area contributed by atoms with Crippen LogP contribution in [0.25, 0.3) is 0 Å². The predicted octanol–water partition coefficient (Wildman–Crippen LogP) is 13.7. The van der Waals surface area contributed by atoms with E-state index in [-0.39, 0.29) is 31.1 Å². The molecule has 0 spiro atoms. The molecule has 0 rings (SSSR count). The van der Waals surface area contributed by atoms with E-state index in [4.69, 9.17) is 14.2 Å². The zero-order chi connectivity index (χ0) is 37.8. The van der Waals surface area contributed by atoms with E-state index in [1.165, 1.54) is 116 Å². The summed E-state index contributed by atoms with van der Waals surface area (Å²) in [6.45, 7) is 13.6. The molecule has 302 valence electrons. The van der Waals surface area contributed by atoms with Crippen LogP contribution in [-0.4, -0.2) is 37.2 Å². The second-order valence-electron chi connectivity index (χ2n) is 16.5. The highest BCUT2D eigenvalue weighted by molar-refractivity contribution is 5.71. The molecule has 0 aromatic heterocycles. The fourth-order valence-corrected chi connectivity index (χ4v) is 6.49. The summed E-state index contributed by atoms with van der Waals surface area (Å²) in [5.74, 6) is 1.55. The van der Waals surface area contributed by atoms with Crippen LogP contribution in [0.5, 0.6) is 0 Å². The Bertz CT molecular complexity index is 794. The highest BCUT2D eigenvalue weighted by atomic mass is 16.6. The van der Waals surface area contributed by atoms with Crippen molar-refractivity contribution in [3.05, 3.63) is 0 Å². The summed E-state index contributed by atoms with van der Waals surface area (Å²) in [4.78, 5) is 37.6. The van der Waals surface area contributed by atoms with Crippen molar-refractivity contribution in [2.24, 2.45) is 17.8 Å². The lowest BCUT2D eigenvalue weighted by atomic mass is 9.99. The largest absolute Gasteiger partial charge is 0.462 e. The van der Waals surface area contributed by atoms with Gasteiger partial charge in [-0.1, -0.05) is 196 Å². The Morgan fingerprint density at radius 2 is 0.686 bits per heavy atom. The molecule has 0 aromatic rings. The van der Waals surface area contributed by atoms with Crippen molar-refractivity contribution in [3.63, 3.8) is 0 Å². The maximum absolute atomic E-state index is 12.7. The van der Waals surface area contributed by atoms with Gasteiger partial charge >= 0.3 is 17.9 Å². The molecule has 0 aliphatic carbocycles. The van der Waals surface area contributed by atoms with E-state index >= 15 is 0 Å². The van der Waals surface area contributed by atoms with Gasteiger partial charge in [-0.05, 0) is 37.0 Å². The molecule has 6 nitrogen and oxygen atoms in total. The minimum atomic E-state index is -0.762. The quantitative estimate of drug-likeness (QED) is 0.0359. The summed E-state index contributed by atoms with van der Waals surface area (Å²) in [5.41, 5.74) is 0. The Labute approximate surface area is 317 Å². The van der Waals surface area contributed by atoms with Crippen LogP contribution >= 0.6 is 0 Å². The zero-order valence-corrected chi connectivity index (χ0v) is 34.9. The van der Waals surface area contributed by atoms with Crippen LogP contribution in [0.3, 0.4) is 0 Å². The molecule has 1 unspecified atom stereocenters. The standard InChI is InChI=1S/C45H86O6/c1-7-41(6)33-27-21-15-9-11-16-22-28-34-43(46)49-37-42(38-50-44(47)35-29-23-18-12-14-20-26-32-40(4)5)51-45(48)36-30-24-17-10-8-13-19-25-31-39(2)3/h39-42H,7-38H2,1-6H3/t41?,42-/m0/s1. The van der Waals surface area contributed by atoms with Crippen molar-refractivity contribution < 1.29 is 28.6 Å². The first-order valence-electron chi connectivity index (χ1n) is 22.1. The Kier molecular flexibility index (Phi) is 35.6. The van der Waals surface area contributed by atoms with Crippen LogP contribution in [0, 0.1) is 17.8 Å². The van der Waals surface area contributed by atoms with Crippen molar-refractivity contribution in [1.29, 1.82) is 0 Å². The molecule has 0 aliphatic rings. The topological polar surface area (TPSA) is 78.9 Å². The SMILES string of the molecule is CCC(C)CCCCCCCCCCC(=O)OC[C@@H](COC(=O)CCCCCCCCCC(C)C)OC(=O)CCCCCCCCCCC(C)C. The third kappa shape index (κ3) is 38.0. The number of ether oxygens (including phenoxy) is 3. The molecule has 0 amide bonds. The van der Waals surface area contributed by atoms with Gasteiger partial charge in [-0.2, -0.15) is 0 Å². The van der Waals surface area contributed by atoms with E-state index in [0.29, 0.717) is 19.3 Å². The first-order chi connectivity index (χ1) is 24.6. The van der Waals surface area contributed by atoms with Gasteiger partial charge in [0.15, 0.2) is 6.10 Å². The van der Waals surface area contributed by atoms with Crippen molar-refractivity contribution in [3.8, 4) is 0 Å². The summed E-state index contributed by atoms with van der Waals surface area (Å²) >= 11 is 0. The minimum Gasteiger partial charge on any atom is -0.462 e. The molecule has 51 heavy (non-hydrogen) atoms. The molecule has 0 aliphatic heterocycles. The van der Waals surface area contributed by atoms with E-state index in [9.17, 15) is 14.4 Å². The van der Waals surface area contributed by atoms with Crippen LogP contribution in [0.2, 0.25) is 0 Å². The Morgan fingerprint density at radius 3 is 1.02 bits per heavy atom. The minimum absolute atomic E-state index is 0.0673. The van der Waals surface area contributed by atoms with Crippen LogP contribution in [0.1, 0.15) is 234 Å². The number of carbonyl (C=O) groups is 3. The smallest absolute Gasteiger partial charge is 0.306 e. The van der Waals surface area contributed by atoms with E-state index < -0.39 is 6.10 Å². The average Bonchev–Trinajstić information content (AvgIpc) is 3.09. The number of hydrogen-bond acceptors (Lipinski definition) is 6. The summed E-state index contributed by atoms with van der Waals surface area (Å²) < 4.78 is 16.7. The van der Waals surface area contributed by atoms with Crippen molar-refractivity contribution in [2.45, 2.75) is 240 Å². The first-order valence-corrected chi connectivity index (χ1v) is 22.1. The molecule has 0 heterocycles. The van der Waals surface area contributed by atoms with E-state index in [0.717, 1.165) is 75.5 Å². The van der Waals surface area contributed by atoms with E-state index in [1.54, 1.807) is 0 Å². The summed E-state index contributed by atoms with van der Waals surface area (Å²) in [5, 5.41) is 0. The van der Waals surface area contributed by atoms with Crippen molar-refractivity contribution in [1.82, 2.24) is 0 Å². The van der Waals surface area contributed by atoms with Gasteiger partial charge < -0.3 is 14.2 Å². The highest BCUT2D eigenvalue weighted by Crippen LogP contribution is 2.17. The van der Waals surface area contributed by atoms with E-state index in [2.05, 4.69) is 41.5 Å². The third-order valence-corrected chi connectivity index (χ3v) is 10.3. The van der Waals surface area contributed by atoms with Gasteiger partial charge in [0.05, 0.1) is 0 Å². The molecule has 0 aromatic carbocycles. The Hall–Kier alpha value is -1.59. The molecular weight excluding hydrogens is 636 g/mol. The predicted molar refractivity (Wildman–Crippen MR) is 215 cm³/mol. The molecule has 6 heteroatoms. The molecule has 0 fully saturated rings. The molecule has 0 saturated heterocycles. The second kappa shape index (κ2) is 36.8. The number of unbranched alkanes of at least 4 members (excludes halogenated alkanes) is 20. The molecule has 0 bridgehead atoms. The van der Waals surface area contributed by atoms with Gasteiger partial charge in [0.25, 0.3) is 0 Å². The maximum atomic E-state index is 12.7. The Balaban J connectivity index is 4.36. The second-order valence-corrected chi connectivity index (χ2v) is 16.5. The lowest BCUT2D eigenvalue weighted by molar-refractivity contribution is -0.167. The van der Waals surface area contributed by atoms with E-state index in [1.807, 2.05) is 0 Å². The number of esters is 3. The number of rotatable bonds is 38. The van der Waals surface area contributed by atoms with Gasteiger partial charge in [0.2, 0.25) is 0 Å². The Morgan fingerprint density at radius 1 is 0.392 bits per heavy atom. The van der Waals surface area contributed by atoms with Crippen LogP contribution in [-0.2, 0) is 28.6 Å². The highest BCUT2D eigenvalue weighted by Gasteiger charge is 2.19. The fraction of sp³-hybridized carbons (Fsp3) is 0.933. The maximum Gasteiger partial charge on any atom is 0.306 e. The lowest BCUT2D eigenvalue weighted by Crippen LogP contribution is -2.30. The first kappa shape index (κ1) is 49.4. The third-order valence-electron chi connectivity index (χ3n) is 10.3. The number of carbonyl (C=O) groups excluding carboxylic acids is 3. The van der Waals surface area contributed by atoms with Crippen molar-refractivity contribution in [2.75, 3.05) is 13.2 Å². The summed E-state index contributed by atoms with van der Waals surface area (Å²) in [6, 6.07) is 0. The molecule has 2 atom stereocenters. The van der Waals surface area contributed by atoms with Gasteiger partial charge in [-0.25, -0.2) is 0 Å². The van der Waals surface area contributed by atoms with Gasteiger partial charge in [0, 0.05) is 19.3 Å². The lowest BCUT2D eigenvalue weighted by Gasteiger charge is -2.18. The van der Waals surface area contributed by atoms with Gasteiger partial charge in [-0.15, -0.1) is 0 Å². The molecule has 0 saturated carbocycles. The summed E-state index contributed by atoms with van der Waals surface area (Å²) in [6.07, 6.45) is 32.4. The van der Waals surface area contributed by atoms with Gasteiger partial charge in [-0.3, -0.25) is 14.4 Å². The molecule has 0 radical (unpaired) electrons. The fourth-order valence-electron chi connectivity index (χ4n) is 6.49. The zero-order valence-electron chi connectivity index (χ0n) is 34.9. The average molecular weight is 723 g/mol.